The number of hydrogen-bond donors (Lipinski definition) is 1. The van der Waals surface area contributed by atoms with E-state index in [1.165, 1.54) is 24.0 Å². The highest BCUT2D eigenvalue weighted by molar-refractivity contribution is 5.25. The first-order chi connectivity index (χ1) is 9.01. The van der Waals surface area contributed by atoms with Gasteiger partial charge >= 0.3 is 0 Å². The monoisotopic (exact) mass is 262 g/mol. The van der Waals surface area contributed by atoms with Crippen LogP contribution in [0.15, 0.2) is 24.3 Å². The van der Waals surface area contributed by atoms with Crippen LogP contribution in [0.3, 0.4) is 0 Å². The molecule has 3 unspecified atom stereocenters. The summed E-state index contributed by atoms with van der Waals surface area (Å²) in [4.78, 5) is 2.49. The third-order valence-corrected chi connectivity index (χ3v) is 4.27. The smallest absolute Gasteiger partial charge is 0.0472 e. The van der Waals surface area contributed by atoms with Crippen molar-refractivity contribution in [2.45, 2.75) is 58.7 Å². The Labute approximate surface area is 119 Å². The van der Waals surface area contributed by atoms with E-state index >= 15 is 0 Å². The second-order valence-electron chi connectivity index (χ2n) is 5.72. The average molecular weight is 262 g/mol. The van der Waals surface area contributed by atoms with Crippen molar-refractivity contribution in [2.24, 2.45) is 0 Å². The molecule has 0 spiro atoms. The zero-order valence-electron chi connectivity index (χ0n) is 13.4. The molecule has 19 heavy (non-hydrogen) atoms. The van der Waals surface area contributed by atoms with Crippen LogP contribution in [0.4, 0.5) is 0 Å². The first-order valence-corrected chi connectivity index (χ1v) is 7.47. The summed E-state index contributed by atoms with van der Waals surface area (Å²) < 4.78 is 0. The maximum Gasteiger partial charge on any atom is 0.0472 e. The molecule has 1 aromatic rings. The second-order valence-corrected chi connectivity index (χ2v) is 5.72. The van der Waals surface area contributed by atoms with Gasteiger partial charge in [-0.1, -0.05) is 43.2 Å². The van der Waals surface area contributed by atoms with Gasteiger partial charge in [0.2, 0.25) is 0 Å². The molecule has 0 aliphatic rings. The fourth-order valence-electron chi connectivity index (χ4n) is 2.72. The van der Waals surface area contributed by atoms with Gasteiger partial charge in [-0.05, 0) is 46.9 Å². The normalized spacial score (nSPS) is 16.4. The van der Waals surface area contributed by atoms with E-state index in [9.17, 15) is 0 Å². The number of nitrogens with one attached hydrogen (secondary N) is 1. The molecule has 0 fully saturated rings. The fraction of sp³-hybridized carbons (Fsp3) is 0.647. The van der Waals surface area contributed by atoms with Gasteiger partial charge < -0.3 is 5.32 Å². The number of benzene rings is 1. The lowest BCUT2D eigenvalue weighted by atomic mass is 9.97. The molecule has 0 saturated heterocycles. The van der Waals surface area contributed by atoms with E-state index in [4.69, 9.17) is 0 Å². The molecule has 1 aromatic carbocycles. The topological polar surface area (TPSA) is 15.3 Å². The summed E-state index contributed by atoms with van der Waals surface area (Å²) in [7, 11) is 4.29. The van der Waals surface area contributed by atoms with E-state index in [0.29, 0.717) is 18.1 Å². The van der Waals surface area contributed by atoms with E-state index in [1.54, 1.807) is 0 Å². The zero-order valence-corrected chi connectivity index (χ0v) is 13.4. The van der Waals surface area contributed by atoms with Crippen molar-refractivity contribution in [2.75, 3.05) is 14.1 Å². The van der Waals surface area contributed by atoms with E-state index in [1.807, 2.05) is 0 Å². The van der Waals surface area contributed by atoms with Crippen LogP contribution in [0.2, 0.25) is 0 Å². The minimum Gasteiger partial charge on any atom is -0.312 e. The first-order valence-electron chi connectivity index (χ1n) is 7.47. The van der Waals surface area contributed by atoms with Gasteiger partial charge in [0.25, 0.3) is 0 Å². The Morgan fingerprint density at radius 1 is 1.16 bits per heavy atom. The highest BCUT2D eigenvalue weighted by Crippen LogP contribution is 2.22. The molecule has 2 heteroatoms. The first kappa shape index (κ1) is 16.2. The van der Waals surface area contributed by atoms with Gasteiger partial charge in [0.15, 0.2) is 0 Å². The highest BCUT2D eigenvalue weighted by atomic mass is 15.2. The molecule has 0 aromatic heterocycles. The van der Waals surface area contributed by atoms with E-state index in [2.05, 4.69) is 76.3 Å². The van der Waals surface area contributed by atoms with E-state index < -0.39 is 0 Å². The van der Waals surface area contributed by atoms with Crippen molar-refractivity contribution in [3.63, 3.8) is 0 Å². The quantitative estimate of drug-likeness (QED) is 0.805. The third kappa shape index (κ3) is 4.32. The molecule has 0 aliphatic carbocycles. The SMILES string of the molecule is CCCC(C)N(C)C(C)C(NC)c1ccc(C)cc1. The third-order valence-electron chi connectivity index (χ3n) is 4.27. The molecule has 2 nitrogen and oxygen atoms in total. The van der Waals surface area contributed by atoms with E-state index in [0.717, 1.165) is 0 Å². The molecule has 0 saturated carbocycles. The van der Waals surface area contributed by atoms with Crippen LogP contribution in [0, 0.1) is 6.92 Å². The van der Waals surface area contributed by atoms with Crippen molar-refractivity contribution in [1.29, 1.82) is 0 Å². The van der Waals surface area contributed by atoms with Gasteiger partial charge in [-0.2, -0.15) is 0 Å². The van der Waals surface area contributed by atoms with Gasteiger partial charge in [-0.15, -0.1) is 0 Å². The predicted molar refractivity (Wildman–Crippen MR) is 84.6 cm³/mol. The number of aryl methyl sites for hydroxylation is 1. The van der Waals surface area contributed by atoms with Crippen molar-refractivity contribution in [3.05, 3.63) is 35.4 Å². The molecule has 0 bridgehead atoms. The Morgan fingerprint density at radius 3 is 2.21 bits per heavy atom. The summed E-state index contributed by atoms with van der Waals surface area (Å²) in [5, 5.41) is 3.47. The summed E-state index contributed by atoms with van der Waals surface area (Å²) in [6.07, 6.45) is 2.50. The van der Waals surface area contributed by atoms with Crippen molar-refractivity contribution in [3.8, 4) is 0 Å². The Bertz CT molecular complexity index is 358. The summed E-state index contributed by atoms with van der Waals surface area (Å²) in [5.74, 6) is 0. The largest absolute Gasteiger partial charge is 0.312 e. The molecule has 0 aliphatic heterocycles. The molecule has 3 atom stereocenters. The van der Waals surface area contributed by atoms with Crippen LogP contribution in [0.5, 0.6) is 0 Å². The summed E-state index contributed by atoms with van der Waals surface area (Å²) >= 11 is 0. The van der Waals surface area contributed by atoms with Crippen LogP contribution in [-0.4, -0.2) is 31.1 Å². The lowest BCUT2D eigenvalue weighted by Gasteiger charge is -2.36. The summed E-state index contributed by atoms with van der Waals surface area (Å²) in [6, 6.07) is 10.4. The number of likely N-dealkylation sites (N-methyl/N-ethyl adjacent to an activating group) is 2. The summed E-state index contributed by atoms with van der Waals surface area (Å²) in [5.41, 5.74) is 2.69. The van der Waals surface area contributed by atoms with E-state index in [-0.39, 0.29) is 0 Å². The minimum atomic E-state index is 0.380. The predicted octanol–water partition coefficient (Wildman–Crippen LogP) is 3.76. The van der Waals surface area contributed by atoms with Gasteiger partial charge in [-0.3, -0.25) is 4.90 Å². The second kappa shape index (κ2) is 7.66. The van der Waals surface area contributed by atoms with Crippen LogP contribution in [0.25, 0.3) is 0 Å². The number of nitrogens with zero attached hydrogens (tertiary/aromatic N) is 1. The summed E-state index contributed by atoms with van der Waals surface area (Å²) in [6.45, 7) is 9.02. The molecular formula is C17H30N2. The van der Waals surface area contributed by atoms with Gasteiger partial charge in [-0.25, -0.2) is 0 Å². The Hall–Kier alpha value is -0.860. The molecule has 0 heterocycles. The highest BCUT2D eigenvalue weighted by Gasteiger charge is 2.23. The number of rotatable bonds is 7. The molecular weight excluding hydrogens is 232 g/mol. The van der Waals surface area contributed by atoms with Crippen molar-refractivity contribution < 1.29 is 0 Å². The van der Waals surface area contributed by atoms with Crippen LogP contribution >= 0.6 is 0 Å². The van der Waals surface area contributed by atoms with Crippen molar-refractivity contribution in [1.82, 2.24) is 10.2 Å². The standard InChI is InChI=1S/C17H30N2/c1-7-8-14(3)19(6)15(4)17(18-5)16-11-9-13(2)10-12-16/h9-12,14-15,17-18H,7-8H2,1-6H3. The maximum atomic E-state index is 3.47. The number of hydrogen-bond acceptors (Lipinski definition) is 2. The van der Waals surface area contributed by atoms with Gasteiger partial charge in [0.05, 0.1) is 0 Å². The Kier molecular flexibility index (Phi) is 6.53. The van der Waals surface area contributed by atoms with Crippen molar-refractivity contribution >= 4 is 0 Å². The van der Waals surface area contributed by atoms with Gasteiger partial charge in [0.1, 0.15) is 0 Å². The molecule has 1 N–H and O–H groups in total. The van der Waals surface area contributed by atoms with Crippen LogP contribution in [0.1, 0.15) is 50.8 Å². The lowest BCUT2D eigenvalue weighted by molar-refractivity contribution is 0.154. The Morgan fingerprint density at radius 2 is 1.74 bits per heavy atom. The molecule has 1 rings (SSSR count). The Balaban J connectivity index is 2.81. The molecule has 108 valence electrons. The fourth-order valence-corrected chi connectivity index (χ4v) is 2.72. The van der Waals surface area contributed by atoms with Crippen LogP contribution in [-0.2, 0) is 0 Å². The van der Waals surface area contributed by atoms with Crippen LogP contribution < -0.4 is 5.32 Å². The lowest BCUT2D eigenvalue weighted by Crippen LogP contribution is -2.44. The maximum absolute atomic E-state index is 3.47. The minimum absolute atomic E-state index is 0.380. The van der Waals surface area contributed by atoms with Gasteiger partial charge in [0, 0.05) is 18.1 Å². The molecule has 0 radical (unpaired) electrons. The average Bonchev–Trinajstić information content (AvgIpc) is 2.41. The molecule has 0 amide bonds. The zero-order chi connectivity index (χ0) is 14.4.